The Bertz CT molecular complexity index is 213. The van der Waals surface area contributed by atoms with E-state index in [1.165, 1.54) is 0 Å². The predicted octanol–water partition coefficient (Wildman–Crippen LogP) is -2.47. The highest BCUT2D eigenvalue weighted by Gasteiger charge is 2.22. The molecule has 14 heavy (non-hydrogen) atoms. The van der Waals surface area contributed by atoms with Crippen LogP contribution in [0.2, 0.25) is 0 Å². The van der Waals surface area contributed by atoms with Crippen LogP contribution in [0.5, 0.6) is 0 Å². The Balaban J connectivity index is -0.000000605. The van der Waals surface area contributed by atoms with Gasteiger partial charge in [0.15, 0.2) is 0 Å². The maximum Gasteiger partial charge on any atom is 0.311 e. The third kappa shape index (κ3) is 8.24. The molecule has 0 saturated heterocycles. The molecule has 0 saturated carbocycles. The smallest absolute Gasteiger partial charge is 0.311 e. The minimum atomic E-state index is -0.766. The third-order valence-corrected chi connectivity index (χ3v) is 1.71. The van der Waals surface area contributed by atoms with Crippen molar-refractivity contribution in [1.82, 2.24) is 0 Å². The van der Waals surface area contributed by atoms with E-state index < -0.39 is 5.97 Å². The van der Waals surface area contributed by atoms with Crippen LogP contribution in [0.25, 0.3) is 0 Å². The molecule has 0 heterocycles. The second-order valence-electron chi connectivity index (χ2n) is 3.72. The third-order valence-electron chi connectivity index (χ3n) is 1.71. The lowest BCUT2D eigenvalue weighted by Crippen LogP contribution is -3.00. The van der Waals surface area contributed by atoms with Crippen LogP contribution in [0.3, 0.4) is 0 Å². The maximum absolute atomic E-state index is 10.5. The lowest BCUT2D eigenvalue weighted by atomic mass is 10.1. The lowest BCUT2D eigenvalue weighted by Gasteiger charge is -2.28. The zero-order chi connectivity index (χ0) is 9.78. The standard InChI is InChI=1S/C9H15NO2.ClH.H2S/c1-5-6-10(3,4)7-8(2)9(11)12;;/h1,8H,6-7H2,2-4H3;1H;1H2/t8-;;/m0../s1. The molecular weight excluding hydrogens is 222 g/mol. The number of rotatable bonds is 4. The molecule has 3 nitrogen and oxygen atoms in total. The lowest BCUT2D eigenvalue weighted by molar-refractivity contribution is -0.885. The zero-order valence-electron chi connectivity index (χ0n) is 8.75. The Labute approximate surface area is 98.9 Å². The molecule has 0 amide bonds. The quantitative estimate of drug-likeness (QED) is 0.436. The predicted molar refractivity (Wildman–Crippen MR) is 57.9 cm³/mol. The first-order valence-electron chi connectivity index (χ1n) is 3.87. The second-order valence-corrected chi connectivity index (χ2v) is 3.72. The average Bonchev–Trinajstić information content (AvgIpc) is 1.85. The number of terminal acetylenes is 1. The summed E-state index contributed by atoms with van der Waals surface area (Å²) in [6.07, 6.45) is 5.15. The molecule has 0 bridgehead atoms. The molecule has 84 valence electrons. The molecule has 5 heteroatoms. The van der Waals surface area contributed by atoms with Gasteiger partial charge in [0, 0.05) is 0 Å². The van der Waals surface area contributed by atoms with Crippen molar-refractivity contribution in [1.29, 1.82) is 0 Å². The van der Waals surface area contributed by atoms with E-state index in [1.807, 2.05) is 14.1 Å². The van der Waals surface area contributed by atoms with Gasteiger partial charge in [0.1, 0.15) is 12.5 Å². The van der Waals surface area contributed by atoms with E-state index >= 15 is 0 Å². The monoisotopic (exact) mass is 239 g/mol. The van der Waals surface area contributed by atoms with Gasteiger partial charge in [-0.25, -0.2) is 0 Å². The van der Waals surface area contributed by atoms with Crippen molar-refractivity contribution in [3.05, 3.63) is 0 Å². The number of quaternary nitrogens is 1. The molecule has 0 fully saturated rings. The van der Waals surface area contributed by atoms with Gasteiger partial charge in [0.2, 0.25) is 0 Å². The first-order valence-corrected chi connectivity index (χ1v) is 3.87. The first-order chi connectivity index (χ1) is 5.39. The van der Waals surface area contributed by atoms with Gasteiger partial charge in [-0.15, -0.1) is 6.42 Å². The van der Waals surface area contributed by atoms with E-state index in [9.17, 15) is 4.79 Å². The SMILES string of the molecule is C#CC[N+](C)(C)C[C@H](C)C(=O)O.S.[Cl-]. The number of carboxylic acids is 1. The molecule has 0 aliphatic carbocycles. The second kappa shape index (κ2) is 7.98. The van der Waals surface area contributed by atoms with Gasteiger partial charge < -0.3 is 22.0 Å². The van der Waals surface area contributed by atoms with Crippen molar-refractivity contribution in [2.24, 2.45) is 5.92 Å². The highest BCUT2D eigenvalue weighted by Crippen LogP contribution is 2.04. The molecular formula is C9H18ClNO2S. The number of hydrogen-bond donors (Lipinski definition) is 1. The first kappa shape index (κ1) is 19.2. The Hall–Kier alpha value is -0.370. The number of aliphatic carboxylic acids is 1. The number of carbonyl (C=O) groups is 1. The van der Waals surface area contributed by atoms with Crippen LogP contribution in [0.4, 0.5) is 0 Å². The Morgan fingerprint density at radius 1 is 1.57 bits per heavy atom. The molecule has 1 atom stereocenters. The van der Waals surface area contributed by atoms with Crippen LogP contribution in [0, 0.1) is 18.3 Å². The largest absolute Gasteiger partial charge is 1.00 e. The summed E-state index contributed by atoms with van der Waals surface area (Å²) in [6.45, 7) is 2.83. The van der Waals surface area contributed by atoms with Gasteiger partial charge >= 0.3 is 5.97 Å². The van der Waals surface area contributed by atoms with Crippen LogP contribution in [0.1, 0.15) is 6.92 Å². The van der Waals surface area contributed by atoms with Crippen molar-refractivity contribution < 1.29 is 26.8 Å². The fourth-order valence-electron chi connectivity index (χ4n) is 1.13. The maximum atomic E-state index is 10.5. The number of halogens is 1. The fourth-order valence-corrected chi connectivity index (χ4v) is 1.13. The molecule has 0 aromatic heterocycles. The molecule has 0 rings (SSSR count). The highest BCUT2D eigenvalue weighted by molar-refractivity contribution is 7.59. The van der Waals surface area contributed by atoms with Crippen LogP contribution in [0.15, 0.2) is 0 Å². The van der Waals surface area contributed by atoms with E-state index in [2.05, 4.69) is 5.92 Å². The summed E-state index contributed by atoms with van der Waals surface area (Å²) in [5.41, 5.74) is 0. The van der Waals surface area contributed by atoms with E-state index in [-0.39, 0.29) is 31.8 Å². The van der Waals surface area contributed by atoms with E-state index in [0.717, 1.165) is 0 Å². The van der Waals surface area contributed by atoms with Crippen molar-refractivity contribution in [2.45, 2.75) is 6.92 Å². The molecule has 0 aliphatic rings. The van der Waals surface area contributed by atoms with Crippen molar-refractivity contribution >= 4 is 19.5 Å². The van der Waals surface area contributed by atoms with Gasteiger partial charge in [0.05, 0.1) is 20.6 Å². The molecule has 0 spiro atoms. The van der Waals surface area contributed by atoms with E-state index in [4.69, 9.17) is 11.5 Å². The van der Waals surface area contributed by atoms with Gasteiger partial charge in [-0.2, -0.15) is 13.5 Å². The van der Waals surface area contributed by atoms with Crippen LogP contribution >= 0.6 is 13.5 Å². The number of carboxylic acid groups (broad SMARTS) is 1. The summed E-state index contributed by atoms with van der Waals surface area (Å²) in [5, 5.41) is 8.65. The normalized spacial score (nSPS) is 11.6. The van der Waals surface area contributed by atoms with Gasteiger partial charge in [-0.1, -0.05) is 0 Å². The molecule has 0 radical (unpaired) electrons. The Morgan fingerprint density at radius 2 is 2.00 bits per heavy atom. The van der Waals surface area contributed by atoms with Gasteiger partial charge in [0.25, 0.3) is 0 Å². The number of hydrogen-bond acceptors (Lipinski definition) is 1. The molecule has 1 N–H and O–H groups in total. The van der Waals surface area contributed by atoms with E-state index in [1.54, 1.807) is 6.92 Å². The van der Waals surface area contributed by atoms with Crippen molar-refractivity contribution in [2.75, 3.05) is 27.2 Å². The molecule has 0 unspecified atom stereocenters. The van der Waals surface area contributed by atoms with Gasteiger partial charge in [-0.05, 0) is 12.8 Å². The van der Waals surface area contributed by atoms with Crippen molar-refractivity contribution in [3.8, 4) is 12.3 Å². The fraction of sp³-hybridized carbons (Fsp3) is 0.667. The highest BCUT2D eigenvalue weighted by atomic mass is 35.5. The number of nitrogens with zero attached hydrogens (tertiary/aromatic N) is 1. The Morgan fingerprint density at radius 3 is 2.29 bits per heavy atom. The molecule has 0 aromatic rings. The van der Waals surface area contributed by atoms with Gasteiger partial charge in [-0.3, -0.25) is 4.79 Å². The molecule has 0 aromatic carbocycles. The topological polar surface area (TPSA) is 37.3 Å². The van der Waals surface area contributed by atoms with Crippen LogP contribution in [-0.4, -0.2) is 42.7 Å². The summed E-state index contributed by atoms with van der Waals surface area (Å²) in [5.74, 6) is 1.43. The van der Waals surface area contributed by atoms with Crippen LogP contribution < -0.4 is 12.4 Å². The summed E-state index contributed by atoms with van der Waals surface area (Å²) in [7, 11) is 3.86. The minimum Gasteiger partial charge on any atom is -1.00 e. The Kier molecular flexibility index (Phi) is 11.0. The summed E-state index contributed by atoms with van der Waals surface area (Å²) in [4.78, 5) is 10.5. The zero-order valence-corrected chi connectivity index (χ0v) is 10.5. The summed E-state index contributed by atoms with van der Waals surface area (Å²) < 4.78 is 0.559. The van der Waals surface area contributed by atoms with Crippen molar-refractivity contribution in [3.63, 3.8) is 0 Å². The average molecular weight is 240 g/mol. The minimum absolute atomic E-state index is 0. The van der Waals surface area contributed by atoms with E-state index in [0.29, 0.717) is 17.6 Å². The summed E-state index contributed by atoms with van der Waals surface area (Å²) in [6, 6.07) is 0. The van der Waals surface area contributed by atoms with Crippen LogP contribution in [-0.2, 0) is 4.79 Å². The summed E-state index contributed by atoms with van der Waals surface area (Å²) >= 11 is 0. The molecule has 0 aliphatic heterocycles.